The summed E-state index contributed by atoms with van der Waals surface area (Å²) < 4.78 is 57.0. The van der Waals surface area contributed by atoms with Gasteiger partial charge in [-0.15, -0.1) is 5.10 Å². The molecule has 11 heteroatoms. The molecule has 2 aliphatic heterocycles. The van der Waals surface area contributed by atoms with Crippen molar-refractivity contribution < 1.29 is 26.7 Å². The highest BCUT2D eigenvalue weighted by molar-refractivity contribution is 7.91. The lowest BCUT2D eigenvalue weighted by atomic mass is 10.0. The van der Waals surface area contributed by atoms with Crippen LogP contribution >= 0.6 is 0 Å². The van der Waals surface area contributed by atoms with E-state index in [9.17, 15) is 22.0 Å². The molecular weight excluding hydrogens is 406 g/mol. The third-order valence-electron chi connectivity index (χ3n) is 4.86. The number of hydrogen-bond acceptors (Lipinski definition) is 6. The molecule has 1 aromatic heterocycles. The van der Waals surface area contributed by atoms with Gasteiger partial charge in [0.05, 0.1) is 36.5 Å². The number of ether oxygens (including phenoxy) is 1. The molecule has 1 amide bonds. The Morgan fingerprint density at radius 2 is 2.14 bits per heavy atom. The maximum absolute atomic E-state index is 14.7. The van der Waals surface area contributed by atoms with Gasteiger partial charge < -0.3 is 4.74 Å². The second-order valence-corrected chi connectivity index (χ2v) is 9.17. The highest BCUT2D eigenvalue weighted by Crippen LogP contribution is 2.30. The Morgan fingerprint density at radius 3 is 2.79 bits per heavy atom. The SMILES string of the molecule is O=C1O[C@@H](Cn2cc(CF)nn2)CN1c1ccc(C2=CCS(=O)(=O)CC2)c(F)c1. The minimum absolute atomic E-state index is 0.00738. The van der Waals surface area contributed by atoms with Gasteiger partial charge in [-0.3, -0.25) is 4.90 Å². The zero-order valence-corrected chi connectivity index (χ0v) is 16.1. The Morgan fingerprint density at radius 1 is 1.31 bits per heavy atom. The highest BCUT2D eigenvalue weighted by atomic mass is 32.2. The van der Waals surface area contributed by atoms with Gasteiger partial charge in [-0.05, 0) is 30.2 Å². The number of amides is 1. The Labute approximate surface area is 165 Å². The summed E-state index contributed by atoms with van der Waals surface area (Å²) in [5.41, 5.74) is 1.49. The molecule has 0 aliphatic carbocycles. The summed E-state index contributed by atoms with van der Waals surface area (Å²) in [7, 11) is -3.10. The summed E-state index contributed by atoms with van der Waals surface area (Å²) >= 11 is 0. The molecule has 2 aromatic rings. The summed E-state index contributed by atoms with van der Waals surface area (Å²) in [6.07, 6.45) is 2.07. The number of carbonyl (C=O) groups is 1. The molecule has 154 valence electrons. The van der Waals surface area contributed by atoms with E-state index in [1.54, 1.807) is 12.1 Å². The minimum Gasteiger partial charge on any atom is -0.442 e. The molecule has 2 aliphatic rings. The molecule has 1 fully saturated rings. The van der Waals surface area contributed by atoms with Crippen molar-refractivity contribution in [3.05, 3.63) is 47.5 Å². The summed E-state index contributed by atoms with van der Waals surface area (Å²) in [6.45, 7) is -0.342. The molecule has 8 nitrogen and oxygen atoms in total. The van der Waals surface area contributed by atoms with Crippen molar-refractivity contribution in [2.24, 2.45) is 0 Å². The number of hydrogen-bond donors (Lipinski definition) is 0. The molecule has 29 heavy (non-hydrogen) atoms. The van der Waals surface area contributed by atoms with Gasteiger partial charge in [-0.2, -0.15) is 0 Å². The summed E-state index contributed by atoms with van der Waals surface area (Å²) in [5, 5.41) is 7.41. The number of alkyl halides is 1. The van der Waals surface area contributed by atoms with E-state index in [1.165, 1.54) is 27.9 Å². The second kappa shape index (κ2) is 7.54. The maximum Gasteiger partial charge on any atom is 0.414 e. The van der Waals surface area contributed by atoms with E-state index in [1.807, 2.05) is 0 Å². The number of aromatic nitrogens is 3. The first-order valence-electron chi connectivity index (χ1n) is 8.97. The molecule has 1 saturated heterocycles. The number of sulfone groups is 1. The number of cyclic esters (lactones) is 1. The van der Waals surface area contributed by atoms with Gasteiger partial charge in [0.25, 0.3) is 0 Å². The van der Waals surface area contributed by atoms with Crippen LogP contribution in [0, 0.1) is 5.82 Å². The van der Waals surface area contributed by atoms with Crippen molar-refractivity contribution in [3.63, 3.8) is 0 Å². The van der Waals surface area contributed by atoms with E-state index in [4.69, 9.17) is 4.74 Å². The van der Waals surface area contributed by atoms with Crippen LogP contribution in [0.2, 0.25) is 0 Å². The van der Waals surface area contributed by atoms with Crippen LogP contribution in [0.3, 0.4) is 0 Å². The number of carbonyl (C=O) groups excluding carboxylic acids is 1. The average molecular weight is 424 g/mol. The summed E-state index contributed by atoms with van der Waals surface area (Å²) in [4.78, 5) is 13.5. The van der Waals surface area contributed by atoms with Gasteiger partial charge in [0, 0.05) is 5.56 Å². The number of allylic oxidation sites excluding steroid dienone is 1. The first-order chi connectivity index (χ1) is 13.8. The average Bonchev–Trinajstić information content (AvgIpc) is 3.28. The third-order valence-corrected chi connectivity index (χ3v) is 6.36. The number of nitrogens with zero attached hydrogens (tertiary/aromatic N) is 4. The number of benzene rings is 1. The molecule has 0 radical (unpaired) electrons. The van der Waals surface area contributed by atoms with Gasteiger partial charge in [-0.1, -0.05) is 11.3 Å². The predicted molar refractivity (Wildman–Crippen MR) is 100 cm³/mol. The van der Waals surface area contributed by atoms with Crippen LogP contribution < -0.4 is 4.90 Å². The fourth-order valence-corrected chi connectivity index (χ4v) is 4.53. The summed E-state index contributed by atoms with van der Waals surface area (Å²) in [5.74, 6) is -0.643. The number of halogens is 2. The maximum atomic E-state index is 14.7. The molecule has 0 unspecified atom stereocenters. The summed E-state index contributed by atoms with van der Waals surface area (Å²) in [6, 6.07) is 4.38. The Bertz CT molecular complexity index is 1080. The quantitative estimate of drug-likeness (QED) is 0.730. The van der Waals surface area contributed by atoms with Crippen molar-refractivity contribution in [2.75, 3.05) is 23.0 Å². The first-order valence-corrected chi connectivity index (χ1v) is 10.8. The smallest absolute Gasteiger partial charge is 0.414 e. The molecule has 0 N–H and O–H groups in total. The van der Waals surface area contributed by atoms with Crippen LogP contribution in [0.1, 0.15) is 17.7 Å². The number of anilines is 1. The van der Waals surface area contributed by atoms with Crippen LogP contribution in [-0.2, 0) is 27.8 Å². The lowest BCUT2D eigenvalue weighted by Crippen LogP contribution is -2.26. The van der Waals surface area contributed by atoms with E-state index in [2.05, 4.69) is 10.3 Å². The normalized spacial score (nSPS) is 21.2. The molecule has 4 rings (SSSR count). The van der Waals surface area contributed by atoms with Crippen LogP contribution in [-0.4, -0.2) is 53.7 Å². The largest absolute Gasteiger partial charge is 0.442 e. The lowest BCUT2D eigenvalue weighted by molar-refractivity contribution is 0.129. The topological polar surface area (TPSA) is 94.4 Å². The molecule has 0 spiro atoms. The fourth-order valence-electron chi connectivity index (χ4n) is 3.38. The van der Waals surface area contributed by atoms with Crippen molar-refractivity contribution >= 4 is 27.2 Å². The van der Waals surface area contributed by atoms with Crippen molar-refractivity contribution in [2.45, 2.75) is 25.7 Å². The van der Waals surface area contributed by atoms with Crippen molar-refractivity contribution in [3.8, 4) is 0 Å². The predicted octanol–water partition coefficient (Wildman–Crippen LogP) is 2.11. The Balaban J connectivity index is 1.48. The van der Waals surface area contributed by atoms with Gasteiger partial charge >= 0.3 is 6.09 Å². The van der Waals surface area contributed by atoms with Crippen molar-refractivity contribution in [1.82, 2.24) is 15.0 Å². The van der Waals surface area contributed by atoms with Crippen LogP contribution in [0.4, 0.5) is 19.3 Å². The van der Waals surface area contributed by atoms with Crippen LogP contribution in [0.15, 0.2) is 30.5 Å². The van der Waals surface area contributed by atoms with E-state index in [0.717, 1.165) is 0 Å². The zero-order valence-electron chi connectivity index (χ0n) is 15.3. The van der Waals surface area contributed by atoms with Gasteiger partial charge in [0.1, 0.15) is 24.3 Å². The van der Waals surface area contributed by atoms with Gasteiger partial charge in [-0.25, -0.2) is 26.7 Å². The van der Waals surface area contributed by atoms with Gasteiger partial charge in [0.2, 0.25) is 0 Å². The van der Waals surface area contributed by atoms with Crippen LogP contribution in [0.25, 0.3) is 5.57 Å². The minimum atomic E-state index is -3.10. The standard InChI is InChI=1S/C18H18F2N4O4S/c19-8-13-9-23(22-21-13)10-15-11-24(18(25)28-15)14-1-2-16(17(20)7-14)12-3-5-29(26,27)6-4-12/h1-3,7,9,15H,4-6,8,10-11H2/t15-/m0/s1. The van der Waals surface area contributed by atoms with E-state index >= 15 is 0 Å². The Hall–Kier alpha value is -2.82. The Kier molecular flexibility index (Phi) is 5.07. The molecule has 1 atom stereocenters. The number of rotatable bonds is 5. The van der Waals surface area contributed by atoms with E-state index in [0.29, 0.717) is 16.8 Å². The molecule has 3 heterocycles. The molecular formula is C18H18F2N4O4S. The first kappa shape index (κ1) is 19.5. The molecule has 0 saturated carbocycles. The second-order valence-electron chi connectivity index (χ2n) is 6.94. The molecule has 0 bridgehead atoms. The fraction of sp³-hybridized carbons (Fsp3) is 0.389. The van der Waals surface area contributed by atoms with Gasteiger partial charge in [0.15, 0.2) is 9.84 Å². The van der Waals surface area contributed by atoms with Crippen molar-refractivity contribution in [1.29, 1.82) is 0 Å². The van der Waals surface area contributed by atoms with Crippen LogP contribution in [0.5, 0.6) is 0 Å². The monoisotopic (exact) mass is 424 g/mol. The van der Waals surface area contributed by atoms with E-state index in [-0.39, 0.29) is 36.7 Å². The van der Waals surface area contributed by atoms with E-state index < -0.39 is 34.5 Å². The zero-order chi connectivity index (χ0) is 20.6. The highest BCUT2D eigenvalue weighted by Gasteiger charge is 2.33. The third kappa shape index (κ3) is 4.14. The molecule has 1 aromatic carbocycles. The lowest BCUT2D eigenvalue weighted by Gasteiger charge is -2.17.